The molecule has 0 spiro atoms. The molecule has 3 nitrogen and oxygen atoms in total. The minimum Gasteiger partial charge on any atom is -0.444 e. The van der Waals surface area contributed by atoms with Crippen LogP contribution in [0.1, 0.15) is 26.3 Å². The van der Waals surface area contributed by atoms with Gasteiger partial charge in [-0.2, -0.15) is 0 Å². The van der Waals surface area contributed by atoms with E-state index >= 15 is 0 Å². The zero-order valence-electron chi connectivity index (χ0n) is 11.3. The van der Waals surface area contributed by atoms with E-state index in [-0.39, 0.29) is 6.54 Å². The fraction of sp³-hybridized carbons (Fsp3) is 0.462. The zero-order valence-corrected chi connectivity index (χ0v) is 12.8. The third kappa shape index (κ3) is 4.78. The van der Waals surface area contributed by atoms with Gasteiger partial charge in [-0.05, 0) is 38.5 Å². The van der Waals surface area contributed by atoms with Gasteiger partial charge in [0.25, 0.3) is 0 Å². The van der Waals surface area contributed by atoms with Crippen molar-refractivity contribution >= 4 is 22.0 Å². The van der Waals surface area contributed by atoms with Gasteiger partial charge in [-0.15, -0.1) is 0 Å². The fourth-order valence-corrected chi connectivity index (χ4v) is 1.79. The molecule has 0 aliphatic heterocycles. The Balaban J connectivity index is 2.80. The first kappa shape index (κ1) is 15.9. The Bertz CT molecular complexity index is 486. The number of nitrogens with zero attached hydrogens (tertiary/aromatic N) is 1. The van der Waals surface area contributed by atoms with Crippen LogP contribution < -0.4 is 0 Å². The molecule has 0 fully saturated rings. The quantitative estimate of drug-likeness (QED) is 0.761. The van der Waals surface area contributed by atoms with Crippen molar-refractivity contribution in [1.82, 2.24) is 4.90 Å². The Morgan fingerprint density at radius 3 is 2.37 bits per heavy atom. The molecule has 0 saturated heterocycles. The molecule has 1 aromatic rings. The second-order valence-electron chi connectivity index (χ2n) is 5.19. The highest BCUT2D eigenvalue weighted by atomic mass is 79.9. The van der Waals surface area contributed by atoms with Crippen molar-refractivity contribution < 1.29 is 18.3 Å². The van der Waals surface area contributed by atoms with Crippen LogP contribution in [0.4, 0.5) is 13.6 Å². The van der Waals surface area contributed by atoms with Crippen molar-refractivity contribution in [2.24, 2.45) is 0 Å². The number of amides is 1. The molecule has 0 N–H and O–H groups in total. The van der Waals surface area contributed by atoms with Gasteiger partial charge in [-0.1, -0.05) is 15.9 Å². The predicted molar refractivity (Wildman–Crippen MR) is 71.8 cm³/mol. The number of rotatable bonds is 2. The molecule has 0 unspecified atom stereocenters. The summed E-state index contributed by atoms with van der Waals surface area (Å²) in [5.41, 5.74) is -0.136. The molecule has 0 aliphatic carbocycles. The van der Waals surface area contributed by atoms with Crippen LogP contribution in [0, 0.1) is 11.6 Å². The largest absolute Gasteiger partial charge is 0.444 e. The van der Waals surface area contributed by atoms with E-state index in [0.717, 1.165) is 12.1 Å². The maximum absolute atomic E-state index is 13.2. The monoisotopic (exact) mass is 335 g/mol. The van der Waals surface area contributed by atoms with E-state index < -0.39 is 23.3 Å². The van der Waals surface area contributed by atoms with Crippen molar-refractivity contribution in [3.63, 3.8) is 0 Å². The molecule has 1 aromatic carbocycles. The maximum atomic E-state index is 13.2. The van der Waals surface area contributed by atoms with Crippen molar-refractivity contribution in [1.29, 1.82) is 0 Å². The van der Waals surface area contributed by atoms with Crippen LogP contribution in [0.15, 0.2) is 16.6 Å². The van der Waals surface area contributed by atoms with Crippen molar-refractivity contribution in [3.05, 3.63) is 33.8 Å². The van der Waals surface area contributed by atoms with Crippen molar-refractivity contribution in [2.45, 2.75) is 32.9 Å². The van der Waals surface area contributed by atoms with Crippen molar-refractivity contribution in [2.75, 3.05) is 7.05 Å². The van der Waals surface area contributed by atoms with E-state index in [1.165, 1.54) is 11.9 Å². The molecule has 0 aromatic heterocycles. The first-order valence-electron chi connectivity index (χ1n) is 5.67. The number of carbonyl (C=O) groups excluding carboxylic acids is 1. The van der Waals surface area contributed by atoms with Crippen LogP contribution >= 0.6 is 15.9 Å². The summed E-state index contributed by atoms with van der Waals surface area (Å²) in [5.74, 6) is -1.88. The molecule has 0 aliphatic rings. The lowest BCUT2D eigenvalue weighted by Crippen LogP contribution is -2.33. The van der Waals surface area contributed by atoms with Gasteiger partial charge >= 0.3 is 6.09 Å². The summed E-state index contributed by atoms with van der Waals surface area (Å²) in [6.07, 6.45) is -0.524. The average Bonchev–Trinajstić information content (AvgIpc) is 2.23. The van der Waals surface area contributed by atoms with Gasteiger partial charge in [0.05, 0.1) is 0 Å². The molecule has 106 valence electrons. The van der Waals surface area contributed by atoms with Gasteiger partial charge < -0.3 is 9.64 Å². The first-order valence-corrected chi connectivity index (χ1v) is 6.47. The zero-order chi connectivity index (χ0) is 14.8. The number of hydrogen-bond acceptors (Lipinski definition) is 2. The lowest BCUT2D eigenvalue weighted by Gasteiger charge is -2.25. The predicted octanol–water partition coefficient (Wildman–Crippen LogP) is 4.09. The van der Waals surface area contributed by atoms with E-state index in [1.807, 2.05) is 0 Å². The summed E-state index contributed by atoms with van der Waals surface area (Å²) >= 11 is 3.13. The lowest BCUT2D eigenvalue weighted by atomic mass is 10.2. The molecule has 0 bridgehead atoms. The number of hydrogen-bond donors (Lipinski definition) is 0. The second-order valence-corrected chi connectivity index (χ2v) is 6.05. The molecule has 19 heavy (non-hydrogen) atoms. The van der Waals surface area contributed by atoms with Gasteiger partial charge in [-0.25, -0.2) is 13.6 Å². The standard InChI is InChI=1S/C13H16BrF2NO2/c1-13(2,3)19-12(18)17(4)7-8-5-10(15)11(16)6-9(8)14/h5-6H,7H2,1-4H3. The topological polar surface area (TPSA) is 29.5 Å². The average molecular weight is 336 g/mol. The van der Waals surface area contributed by atoms with E-state index in [9.17, 15) is 13.6 Å². The van der Waals surface area contributed by atoms with Gasteiger partial charge in [0.2, 0.25) is 0 Å². The van der Waals surface area contributed by atoms with Crippen LogP contribution in [-0.4, -0.2) is 23.6 Å². The molecule has 1 amide bonds. The number of ether oxygens (including phenoxy) is 1. The summed E-state index contributed by atoms with van der Waals surface area (Å²) in [7, 11) is 1.53. The second kappa shape index (κ2) is 5.86. The lowest BCUT2D eigenvalue weighted by molar-refractivity contribution is 0.0284. The van der Waals surface area contributed by atoms with Crippen LogP contribution in [0.3, 0.4) is 0 Å². The SMILES string of the molecule is CN(Cc1cc(F)c(F)cc1Br)C(=O)OC(C)(C)C. The van der Waals surface area contributed by atoms with Gasteiger partial charge in [0.1, 0.15) is 5.60 Å². The summed E-state index contributed by atoms with van der Waals surface area (Å²) in [4.78, 5) is 13.0. The Hall–Kier alpha value is -1.17. The Morgan fingerprint density at radius 2 is 1.84 bits per heavy atom. The third-order valence-electron chi connectivity index (χ3n) is 2.20. The minimum atomic E-state index is -0.948. The number of halogens is 3. The van der Waals surface area contributed by atoms with Crippen molar-refractivity contribution in [3.8, 4) is 0 Å². The van der Waals surface area contributed by atoms with Gasteiger partial charge in [0.15, 0.2) is 11.6 Å². The van der Waals surface area contributed by atoms with Crippen LogP contribution in [0.2, 0.25) is 0 Å². The van der Waals surface area contributed by atoms with Gasteiger partial charge in [-0.3, -0.25) is 0 Å². The third-order valence-corrected chi connectivity index (χ3v) is 2.94. The Morgan fingerprint density at radius 1 is 1.32 bits per heavy atom. The number of carbonyl (C=O) groups is 1. The smallest absolute Gasteiger partial charge is 0.410 e. The van der Waals surface area contributed by atoms with Crippen LogP contribution in [0.5, 0.6) is 0 Å². The molecule has 0 atom stereocenters. The van der Waals surface area contributed by atoms with Gasteiger partial charge in [0, 0.05) is 18.1 Å². The molecule has 1 rings (SSSR count). The van der Waals surface area contributed by atoms with Crippen LogP contribution in [0.25, 0.3) is 0 Å². The molecular weight excluding hydrogens is 320 g/mol. The van der Waals surface area contributed by atoms with E-state index in [4.69, 9.17) is 4.74 Å². The number of benzene rings is 1. The molecule has 0 heterocycles. The normalized spacial score (nSPS) is 11.3. The summed E-state index contributed by atoms with van der Waals surface area (Å²) < 4.78 is 31.7. The summed E-state index contributed by atoms with van der Waals surface area (Å²) in [6, 6.07) is 2.09. The molecule has 6 heteroatoms. The van der Waals surface area contributed by atoms with E-state index in [2.05, 4.69) is 15.9 Å². The first-order chi connectivity index (χ1) is 8.60. The van der Waals surface area contributed by atoms with Crippen LogP contribution in [-0.2, 0) is 11.3 Å². The molecular formula is C13H16BrF2NO2. The summed E-state index contributed by atoms with van der Waals surface area (Å²) in [6.45, 7) is 5.39. The highest BCUT2D eigenvalue weighted by molar-refractivity contribution is 9.10. The maximum Gasteiger partial charge on any atom is 0.410 e. The minimum absolute atomic E-state index is 0.118. The Labute approximate surface area is 119 Å². The van der Waals surface area contributed by atoms with E-state index in [1.54, 1.807) is 20.8 Å². The van der Waals surface area contributed by atoms with E-state index in [0.29, 0.717) is 10.0 Å². The fourth-order valence-electron chi connectivity index (χ4n) is 1.34. The molecule has 0 saturated carbocycles. The summed E-state index contributed by atoms with van der Waals surface area (Å²) in [5, 5.41) is 0. The highest BCUT2D eigenvalue weighted by Gasteiger charge is 2.20. The Kier molecular flexibility index (Phi) is 4.90. The highest BCUT2D eigenvalue weighted by Crippen LogP contribution is 2.22. The molecule has 0 radical (unpaired) electrons.